The Morgan fingerprint density at radius 1 is 0.941 bits per heavy atom. The second-order valence-electron chi connectivity index (χ2n) is 9.14. The van der Waals surface area contributed by atoms with E-state index >= 15 is 0 Å². The molecule has 2 fully saturated rings. The number of carbonyl (C=O) groups excluding carboxylic acids is 2. The normalized spacial score (nSPS) is 17.6. The summed E-state index contributed by atoms with van der Waals surface area (Å²) < 4.78 is 9.64. The molecule has 2 saturated carbocycles. The molecule has 2 aliphatic rings. The van der Waals surface area contributed by atoms with E-state index in [-0.39, 0.29) is 6.61 Å². The summed E-state index contributed by atoms with van der Waals surface area (Å²) >= 11 is 0. The molecule has 0 aliphatic heterocycles. The molecule has 1 atom stereocenters. The largest absolute Gasteiger partial charge is 0.480 e. The number of carboxylic acids is 1. The van der Waals surface area contributed by atoms with E-state index in [1.165, 1.54) is 71.3 Å². The van der Waals surface area contributed by atoms with Crippen LogP contribution in [0.3, 0.4) is 0 Å². The van der Waals surface area contributed by atoms with E-state index in [4.69, 9.17) is 9.84 Å². The molecule has 8 nitrogen and oxygen atoms in total. The van der Waals surface area contributed by atoms with Gasteiger partial charge in [-0.15, -0.1) is 0 Å². The molecule has 0 spiro atoms. The second-order valence-corrected chi connectivity index (χ2v) is 9.14. The lowest BCUT2D eigenvalue weighted by atomic mass is 9.91. The molecule has 190 valence electrons. The number of esters is 1. The second kappa shape index (κ2) is 15.3. The minimum Gasteiger partial charge on any atom is -0.480 e. The van der Waals surface area contributed by atoms with Crippen LogP contribution in [0.4, 0.5) is 4.79 Å². The molecule has 0 saturated heterocycles. The van der Waals surface area contributed by atoms with Crippen LogP contribution in [0.25, 0.3) is 0 Å². The molecule has 3 rings (SSSR count). The van der Waals surface area contributed by atoms with Crippen molar-refractivity contribution in [2.24, 2.45) is 0 Å². The fourth-order valence-electron chi connectivity index (χ4n) is 4.37. The van der Waals surface area contributed by atoms with Crippen LogP contribution < -0.4 is 5.32 Å². The number of carbonyl (C=O) groups is 3. The first-order valence-corrected chi connectivity index (χ1v) is 12.4. The van der Waals surface area contributed by atoms with Gasteiger partial charge in [0.2, 0.25) is 0 Å². The molecule has 0 unspecified atom stereocenters. The van der Waals surface area contributed by atoms with Crippen molar-refractivity contribution < 1.29 is 29.0 Å². The van der Waals surface area contributed by atoms with Crippen molar-refractivity contribution in [3.05, 3.63) is 35.9 Å². The zero-order valence-electron chi connectivity index (χ0n) is 20.5. The van der Waals surface area contributed by atoms with Crippen molar-refractivity contribution in [1.82, 2.24) is 10.2 Å². The summed E-state index contributed by atoms with van der Waals surface area (Å²) in [6.07, 6.45) is 13.8. The van der Waals surface area contributed by atoms with Gasteiger partial charge in [-0.1, -0.05) is 68.9 Å². The van der Waals surface area contributed by atoms with Gasteiger partial charge >= 0.3 is 18.0 Å². The monoisotopic (exact) mass is 476 g/mol. The highest BCUT2D eigenvalue weighted by Gasteiger charge is 2.28. The third-order valence-electron chi connectivity index (χ3n) is 6.37. The standard InChI is InChI=1S/C14H17NO6.C12H23N/c1-10(16)20-9-12(13(17)18)15(2)14(19)21-8-11-6-4-3-5-7-11;1-3-7-11(8-4-1)13-12-9-5-2-6-10-12/h3-7,12H,8-9H2,1-2H3,(H,17,18);11-13H,1-10H2/t12-;/m0./s1. The summed E-state index contributed by atoms with van der Waals surface area (Å²) in [7, 11) is 1.27. The lowest BCUT2D eigenvalue weighted by Gasteiger charge is -2.30. The molecule has 0 bridgehead atoms. The Balaban J connectivity index is 0.000000266. The first-order valence-electron chi connectivity index (χ1n) is 12.4. The summed E-state index contributed by atoms with van der Waals surface area (Å²) in [6.45, 7) is 0.762. The van der Waals surface area contributed by atoms with Gasteiger partial charge < -0.3 is 19.9 Å². The Labute approximate surface area is 203 Å². The third kappa shape index (κ3) is 10.5. The Bertz CT molecular complexity index is 729. The van der Waals surface area contributed by atoms with Gasteiger partial charge in [-0.3, -0.25) is 9.69 Å². The molecule has 34 heavy (non-hydrogen) atoms. The first-order chi connectivity index (χ1) is 16.4. The van der Waals surface area contributed by atoms with E-state index in [0.717, 1.165) is 29.5 Å². The minimum atomic E-state index is -1.29. The summed E-state index contributed by atoms with van der Waals surface area (Å²) in [5, 5.41) is 12.9. The van der Waals surface area contributed by atoms with Crippen molar-refractivity contribution in [3.8, 4) is 0 Å². The van der Waals surface area contributed by atoms with E-state index in [9.17, 15) is 14.4 Å². The van der Waals surface area contributed by atoms with Gasteiger partial charge in [0.05, 0.1) is 0 Å². The van der Waals surface area contributed by atoms with Gasteiger partial charge in [0, 0.05) is 26.1 Å². The molecule has 1 amide bonds. The Kier molecular flexibility index (Phi) is 12.5. The number of ether oxygens (including phenoxy) is 2. The van der Waals surface area contributed by atoms with Gasteiger partial charge in [-0.05, 0) is 31.2 Å². The Morgan fingerprint density at radius 2 is 1.47 bits per heavy atom. The fourth-order valence-corrected chi connectivity index (χ4v) is 4.37. The maximum absolute atomic E-state index is 11.8. The highest BCUT2D eigenvalue weighted by Crippen LogP contribution is 2.22. The summed E-state index contributed by atoms with van der Waals surface area (Å²) in [5.41, 5.74) is 0.783. The molecule has 2 N–H and O–H groups in total. The van der Waals surface area contributed by atoms with Crippen molar-refractivity contribution in [2.75, 3.05) is 13.7 Å². The zero-order chi connectivity index (χ0) is 24.8. The van der Waals surface area contributed by atoms with Crippen molar-refractivity contribution >= 4 is 18.0 Å². The van der Waals surface area contributed by atoms with Gasteiger partial charge in [-0.25, -0.2) is 9.59 Å². The van der Waals surface area contributed by atoms with E-state index in [0.29, 0.717) is 0 Å². The molecule has 0 heterocycles. The molecular formula is C26H40N2O6. The highest BCUT2D eigenvalue weighted by molar-refractivity contribution is 5.80. The fraction of sp³-hybridized carbons (Fsp3) is 0.654. The van der Waals surface area contributed by atoms with Gasteiger partial charge in [0.15, 0.2) is 6.04 Å². The van der Waals surface area contributed by atoms with Crippen LogP contribution >= 0.6 is 0 Å². The van der Waals surface area contributed by atoms with Crippen molar-refractivity contribution in [2.45, 2.75) is 95.9 Å². The molecule has 1 aromatic rings. The van der Waals surface area contributed by atoms with Crippen molar-refractivity contribution in [1.29, 1.82) is 0 Å². The quantitative estimate of drug-likeness (QED) is 0.532. The number of nitrogens with one attached hydrogen (secondary N) is 1. The van der Waals surface area contributed by atoms with Crippen molar-refractivity contribution in [3.63, 3.8) is 0 Å². The number of aliphatic carboxylic acids is 1. The van der Waals surface area contributed by atoms with E-state index < -0.39 is 30.7 Å². The highest BCUT2D eigenvalue weighted by atomic mass is 16.6. The maximum Gasteiger partial charge on any atom is 0.410 e. The molecule has 0 aromatic heterocycles. The Morgan fingerprint density at radius 3 is 1.94 bits per heavy atom. The van der Waals surface area contributed by atoms with Crippen LogP contribution in [-0.2, 0) is 25.7 Å². The Hall–Kier alpha value is -2.61. The predicted octanol–water partition coefficient (Wildman–Crippen LogP) is 4.51. The number of hydrogen-bond acceptors (Lipinski definition) is 6. The third-order valence-corrected chi connectivity index (χ3v) is 6.37. The minimum absolute atomic E-state index is 0.0317. The maximum atomic E-state index is 11.8. The summed E-state index contributed by atoms with van der Waals surface area (Å²) in [5.74, 6) is -1.90. The predicted molar refractivity (Wildman–Crippen MR) is 129 cm³/mol. The smallest absolute Gasteiger partial charge is 0.410 e. The molecule has 2 aliphatic carbocycles. The number of nitrogens with zero attached hydrogens (tertiary/aromatic N) is 1. The van der Waals surface area contributed by atoms with Crippen LogP contribution in [0.5, 0.6) is 0 Å². The zero-order valence-corrected chi connectivity index (χ0v) is 20.5. The van der Waals surface area contributed by atoms with Gasteiger partial charge in [-0.2, -0.15) is 0 Å². The number of likely N-dealkylation sites (N-methyl/N-ethyl adjacent to an activating group) is 1. The molecule has 8 heteroatoms. The van der Waals surface area contributed by atoms with E-state index in [1.54, 1.807) is 24.3 Å². The average Bonchev–Trinajstić information content (AvgIpc) is 2.84. The molecule has 1 aromatic carbocycles. The number of benzene rings is 1. The first kappa shape index (κ1) is 27.6. The van der Waals surface area contributed by atoms with Gasteiger partial charge in [0.1, 0.15) is 13.2 Å². The van der Waals surface area contributed by atoms with Gasteiger partial charge in [0.25, 0.3) is 0 Å². The van der Waals surface area contributed by atoms with E-state index in [1.807, 2.05) is 6.07 Å². The number of amides is 1. The molecule has 0 radical (unpaired) electrons. The van der Waals surface area contributed by atoms with E-state index in [2.05, 4.69) is 10.1 Å². The topological polar surface area (TPSA) is 105 Å². The van der Waals surface area contributed by atoms with Crippen LogP contribution in [0.2, 0.25) is 0 Å². The summed E-state index contributed by atoms with van der Waals surface area (Å²) in [6, 6.07) is 9.44. The van der Waals surface area contributed by atoms with Crippen LogP contribution in [-0.4, -0.2) is 59.8 Å². The number of rotatable bonds is 8. The molecular weight excluding hydrogens is 436 g/mol. The number of carboxylic acid groups (broad SMARTS) is 1. The number of hydrogen-bond donors (Lipinski definition) is 2. The van der Waals surface area contributed by atoms with Crippen LogP contribution in [0, 0.1) is 0 Å². The SMILES string of the molecule is C1CCC(NC2CCCCC2)CC1.CC(=O)OC[C@@H](C(=O)O)N(C)C(=O)OCc1ccccc1. The average molecular weight is 477 g/mol. The van der Waals surface area contributed by atoms with Crippen LogP contribution in [0.15, 0.2) is 30.3 Å². The lowest BCUT2D eigenvalue weighted by Crippen LogP contribution is -2.45. The van der Waals surface area contributed by atoms with Crippen LogP contribution in [0.1, 0.15) is 76.7 Å². The lowest BCUT2D eigenvalue weighted by molar-refractivity contribution is -0.150. The summed E-state index contributed by atoms with van der Waals surface area (Å²) in [4.78, 5) is 34.5.